The first kappa shape index (κ1) is 24.3. The van der Waals surface area contributed by atoms with Gasteiger partial charge in [-0.3, -0.25) is 14.4 Å². The van der Waals surface area contributed by atoms with Gasteiger partial charge in [0.25, 0.3) is 5.91 Å². The minimum Gasteiger partial charge on any atom is -0.467 e. The largest absolute Gasteiger partial charge is 0.467 e. The molecule has 0 spiro atoms. The molecule has 1 aromatic carbocycles. The molecule has 8 nitrogen and oxygen atoms in total. The highest BCUT2D eigenvalue weighted by Crippen LogP contribution is 2.26. The van der Waals surface area contributed by atoms with Crippen LogP contribution >= 0.6 is 0 Å². The van der Waals surface area contributed by atoms with E-state index >= 15 is 0 Å². The van der Waals surface area contributed by atoms with Crippen molar-refractivity contribution in [1.82, 2.24) is 15.5 Å². The van der Waals surface area contributed by atoms with Gasteiger partial charge in [-0.2, -0.15) is 0 Å². The Bertz CT molecular complexity index is 1100. The number of amides is 3. The molecule has 3 aromatic rings. The van der Waals surface area contributed by atoms with E-state index in [0.29, 0.717) is 11.3 Å². The molecule has 1 aliphatic carbocycles. The van der Waals surface area contributed by atoms with Gasteiger partial charge >= 0.3 is 0 Å². The normalized spacial score (nSPS) is 14.4. The van der Waals surface area contributed by atoms with E-state index < -0.39 is 17.9 Å². The number of carbonyl (C=O) groups excluding carboxylic acids is 3. The van der Waals surface area contributed by atoms with Crippen molar-refractivity contribution in [2.24, 2.45) is 0 Å². The minimum absolute atomic E-state index is 0.0841. The second-order valence-corrected chi connectivity index (χ2v) is 8.75. The van der Waals surface area contributed by atoms with Crippen LogP contribution in [0, 0.1) is 0 Å². The Morgan fingerprint density at radius 3 is 2.34 bits per heavy atom. The van der Waals surface area contributed by atoms with Gasteiger partial charge in [0.1, 0.15) is 11.8 Å². The van der Waals surface area contributed by atoms with E-state index in [1.807, 2.05) is 24.3 Å². The third-order valence-electron chi connectivity index (χ3n) is 6.34. The maximum atomic E-state index is 13.6. The zero-order valence-electron chi connectivity index (χ0n) is 19.9. The van der Waals surface area contributed by atoms with Crippen LogP contribution in [0.25, 0.3) is 0 Å². The summed E-state index contributed by atoms with van der Waals surface area (Å²) in [5.74, 6) is -0.493. The molecule has 2 aromatic heterocycles. The lowest BCUT2D eigenvalue weighted by molar-refractivity contribution is -0.141. The highest BCUT2D eigenvalue weighted by molar-refractivity contribution is 5.95. The zero-order chi connectivity index (χ0) is 24.6. The number of carbonyl (C=O) groups is 3. The van der Waals surface area contributed by atoms with Crippen LogP contribution < -0.4 is 10.6 Å². The molecular weight excluding hydrogens is 446 g/mol. The van der Waals surface area contributed by atoms with Crippen LogP contribution in [0.2, 0.25) is 0 Å². The molecule has 1 atom stereocenters. The predicted molar refractivity (Wildman–Crippen MR) is 129 cm³/mol. The standard InChI is InChI=1S/C27H31N3O5/c1-2-19-11-13-20(14-12-19)25(27(33)29-21-7-3-4-8-21)30(18-22-9-5-15-34-22)24(31)17-28-26(32)23-10-6-16-35-23/h5-6,9-16,21,25H,2-4,7-8,17-18H2,1H3,(H,28,32)(H,29,33). The fourth-order valence-corrected chi connectivity index (χ4v) is 4.40. The number of furan rings is 2. The highest BCUT2D eigenvalue weighted by Gasteiger charge is 2.34. The smallest absolute Gasteiger partial charge is 0.287 e. The van der Waals surface area contributed by atoms with Crippen LogP contribution in [0.1, 0.15) is 66.1 Å². The summed E-state index contributed by atoms with van der Waals surface area (Å²) in [5, 5.41) is 5.74. The summed E-state index contributed by atoms with van der Waals surface area (Å²) >= 11 is 0. The molecule has 0 saturated heterocycles. The van der Waals surface area contributed by atoms with Gasteiger partial charge < -0.3 is 24.4 Å². The fraction of sp³-hybridized carbons (Fsp3) is 0.370. The van der Waals surface area contributed by atoms with Gasteiger partial charge in [0.05, 0.1) is 25.6 Å². The molecule has 3 amide bonds. The molecule has 1 fully saturated rings. The van der Waals surface area contributed by atoms with E-state index in [0.717, 1.165) is 37.7 Å². The van der Waals surface area contributed by atoms with Crippen LogP contribution in [0.3, 0.4) is 0 Å². The first-order valence-electron chi connectivity index (χ1n) is 12.1. The Hall–Kier alpha value is -3.81. The van der Waals surface area contributed by atoms with Crippen LogP contribution in [-0.4, -0.2) is 35.2 Å². The number of nitrogens with zero attached hydrogens (tertiary/aromatic N) is 1. The van der Waals surface area contributed by atoms with Gasteiger partial charge in [-0.05, 0) is 54.7 Å². The van der Waals surface area contributed by atoms with Crippen LogP contribution in [-0.2, 0) is 22.6 Å². The fourth-order valence-electron chi connectivity index (χ4n) is 4.40. The maximum Gasteiger partial charge on any atom is 0.287 e. The van der Waals surface area contributed by atoms with Gasteiger partial charge in [0, 0.05) is 6.04 Å². The van der Waals surface area contributed by atoms with Gasteiger partial charge in [0.2, 0.25) is 11.8 Å². The minimum atomic E-state index is -0.875. The Morgan fingerprint density at radius 2 is 1.71 bits per heavy atom. The van der Waals surface area contributed by atoms with Gasteiger partial charge in [-0.15, -0.1) is 0 Å². The maximum absolute atomic E-state index is 13.6. The van der Waals surface area contributed by atoms with Crippen molar-refractivity contribution < 1.29 is 23.2 Å². The average molecular weight is 478 g/mol. The molecule has 1 unspecified atom stereocenters. The van der Waals surface area contributed by atoms with Crippen LogP contribution in [0.4, 0.5) is 0 Å². The van der Waals surface area contributed by atoms with Crippen molar-refractivity contribution in [3.8, 4) is 0 Å². The molecule has 2 heterocycles. The van der Waals surface area contributed by atoms with E-state index in [1.54, 1.807) is 18.2 Å². The van der Waals surface area contributed by atoms with E-state index in [9.17, 15) is 14.4 Å². The van der Waals surface area contributed by atoms with Crippen LogP contribution in [0.15, 0.2) is 69.9 Å². The van der Waals surface area contributed by atoms with Gasteiger partial charge in [-0.1, -0.05) is 44.0 Å². The van der Waals surface area contributed by atoms with Gasteiger partial charge in [-0.25, -0.2) is 0 Å². The number of hydrogen-bond acceptors (Lipinski definition) is 5. The highest BCUT2D eigenvalue weighted by atomic mass is 16.3. The number of rotatable bonds is 10. The summed E-state index contributed by atoms with van der Waals surface area (Å²) in [6.07, 6.45) is 7.80. The van der Waals surface area contributed by atoms with Crippen molar-refractivity contribution in [1.29, 1.82) is 0 Å². The molecule has 0 bridgehead atoms. The summed E-state index contributed by atoms with van der Waals surface area (Å²) in [4.78, 5) is 40.9. The molecule has 184 valence electrons. The number of nitrogens with one attached hydrogen (secondary N) is 2. The van der Waals surface area contributed by atoms with Crippen molar-refractivity contribution in [2.75, 3.05) is 6.54 Å². The molecule has 8 heteroatoms. The van der Waals surface area contributed by atoms with Crippen LogP contribution in [0.5, 0.6) is 0 Å². The Kier molecular flexibility index (Phi) is 8.03. The van der Waals surface area contributed by atoms with Gasteiger partial charge in [0.15, 0.2) is 5.76 Å². The lowest BCUT2D eigenvalue weighted by Gasteiger charge is -2.32. The second-order valence-electron chi connectivity index (χ2n) is 8.75. The van der Waals surface area contributed by atoms with Crippen molar-refractivity contribution in [3.05, 3.63) is 83.7 Å². The average Bonchev–Trinajstić information content (AvgIpc) is 3.66. The summed E-state index contributed by atoms with van der Waals surface area (Å²) in [7, 11) is 0. The number of benzene rings is 1. The molecule has 0 aliphatic heterocycles. The third kappa shape index (κ3) is 6.20. The Balaban J connectivity index is 1.61. The first-order chi connectivity index (χ1) is 17.0. The van der Waals surface area contributed by atoms with Crippen molar-refractivity contribution >= 4 is 17.7 Å². The monoisotopic (exact) mass is 477 g/mol. The summed E-state index contributed by atoms with van der Waals surface area (Å²) in [5.41, 5.74) is 1.84. The van der Waals surface area contributed by atoms with E-state index in [1.165, 1.54) is 23.5 Å². The molecule has 4 rings (SSSR count). The lowest BCUT2D eigenvalue weighted by Crippen LogP contribution is -2.48. The third-order valence-corrected chi connectivity index (χ3v) is 6.34. The topological polar surface area (TPSA) is 105 Å². The SMILES string of the molecule is CCc1ccc(C(C(=O)NC2CCCC2)N(Cc2ccco2)C(=O)CNC(=O)c2ccco2)cc1. The number of hydrogen-bond donors (Lipinski definition) is 2. The second kappa shape index (κ2) is 11.6. The van der Waals surface area contributed by atoms with E-state index in [2.05, 4.69) is 17.6 Å². The molecule has 1 saturated carbocycles. The molecule has 35 heavy (non-hydrogen) atoms. The summed E-state index contributed by atoms with van der Waals surface area (Å²) in [6.45, 7) is 1.86. The Morgan fingerprint density at radius 1 is 1.00 bits per heavy atom. The van der Waals surface area contributed by atoms with E-state index in [-0.39, 0.29) is 30.8 Å². The quantitative estimate of drug-likeness (QED) is 0.459. The zero-order valence-corrected chi connectivity index (χ0v) is 19.9. The summed E-state index contributed by atoms with van der Waals surface area (Å²) in [6, 6.07) is 13.6. The first-order valence-corrected chi connectivity index (χ1v) is 12.1. The van der Waals surface area contributed by atoms with E-state index in [4.69, 9.17) is 8.83 Å². The van der Waals surface area contributed by atoms with Crippen molar-refractivity contribution in [3.63, 3.8) is 0 Å². The molecule has 2 N–H and O–H groups in total. The molecule has 0 radical (unpaired) electrons. The molecule has 1 aliphatic rings. The lowest BCUT2D eigenvalue weighted by atomic mass is 10.0. The predicted octanol–water partition coefficient (Wildman–Crippen LogP) is 3.99. The number of aryl methyl sites for hydroxylation is 1. The summed E-state index contributed by atoms with van der Waals surface area (Å²) < 4.78 is 10.6. The Labute approximate surface area is 204 Å². The molecular formula is C27H31N3O5. The van der Waals surface area contributed by atoms with Crippen molar-refractivity contribution in [2.45, 2.75) is 57.7 Å².